The van der Waals surface area contributed by atoms with Crippen LogP contribution in [0.2, 0.25) is 0 Å². The van der Waals surface area contributed by atoms with Gasteiger partial charge in [0.05, 0.1) is 0 Å². The Morgan fingerprint density at radius 2 is 2.40 bits per heavy atom. The van der Waals surface area contributed by atoms with Crippen LogP contribution in [0.4, 0.5) is 0 Å². The Bertz CT molecular complexity index is 210. The molecule has 0 heteroatoms. The van der Waals surface area contributed by atoms with Crippen molar-refractivity contribution in [2.45, 2.75) is 19.8 Å². The lowest BCUT2D eigenvalue weighted by molar-refractivity contribution is 1.15. The van der Waals surface area contributed by atoms with Crippen LogP contribution in [-0.2, 0) is 0 Å². The maximum atomic E-state index is 3.22. The molecule has 0 nitrogen and oxygen atoms in total. The second-order valence-corrected chi connectivity index (χ2v) is 2.25. The molecule has 0 N–H and O–H groups in total. The summed E-state index contributed by atoms with van der Waals surface area (Å²) in [6.07, 6.45) is 12.5. The van der Waals surface area contributed by atoms with Crippen LogP contribution in [0.5, 0.6) is 0 Å². The van der Waals surface area contributed by atoms with Crippen molar-refractivity contribution < 1.29 is 0 Å². The van der Waals surface area contributed by atoms with Gasteiger partial charge in [-0.05, 0) is 24.5 Å². The first kappa shape index (κ1) is 7.11. The highest BCUT2D eigenvalue weighted by molar-refractivity contribution is 5.23. The summed E-state index contributed by atoms with van der Waals surface area (Å²) in [6, 6.07) is 0. The highest BCUT2D eigenvalue weighted by Crippen LogP contribution is 2.03. The molecule has 1 rings (SSSR count). The normalized spacial score (nSPS) is 22.7. The van der Waals surface area contributed by atoms with E-state index in [-0.39, 0.29) is 0 Å². The lowest BCUT2D eigenvalue weighted by Gasteiger charge is -1.91. The Kier molecular flexibility index (Phi) is 2.79. The summed E-state index contributed by atoms with van der Waals surface area (Å²) in [7, 11) is 0. The van der Waals surface area contributed by atoms with Crippen LogP contribution in [-0.4, -0.2) is 0 Å². The molecule has 0 amide bonds. The van der Waals surface area contributed by atoms with Gasteiger partial charge in [-0.3, -0.25) is 0 Å². The Balaban J connectivity index is 2.79. The summed E-state index contributed by atoms with van der Waals surface area (Å²) in [6.45, 7) is 2.14. The Morgan fingerprint density at radius 3 is 3.20 bits per heavy atom. The van der Waals surface area contributed by atoms with Gasteiger partial charge in [0, 0.05) is 0 Å². The van der Waals surface area contributed by atoms with Gasteiger partial charge in [0.15, 0.2) is 0 Å². The second kappa shape index (κ2) is 3.92. The van der Waals surface area contributed by atoms with Gasteiger partial charge in [0.2, 0.25) is 0 Å². The summed E-state index contributed by atoms with van der Waals surface area (Å²) in [5, 5.41) is 0. The van der Waals surface area contributed by atoms with Crippen LogP contribution in [0, 0.1) is 0 Å². The first-order valence-electron chi connectivity index (χ1n) is 3.70. The van der Waals surface area contributed by atoms with Gasteiger partial charge in [0.25, 0.3) is 0 Å². The minimum absolute atomic E-state index is 1.01. The molecule has 0 spiro atoms. The van der Waals surface area contributed by atoms with Crippen LogP contribution in [0.25, 0.3) is 0 Å². The molecule has 0 radical (unpaired) electrons. The van der Waals surface area contributed by atoms with Crippen molar-refractivity contribution >= 4 is 0 Å². The summed E-state index contributed by atoms with van der Waals surface area (Å²) < 4.78 is 0. The molecule has 0 aromatic heterocycles. The fraction of sp³-hybridized carbons (Fsp3) is 0.300. The van der Waals surface area contributed by atoms with Gasteiger partial charge in [-0.2, -0.15) is 0 Å². The average molecular weight is 132 g/mol. The van der Waals surface area contributed by atoms with E-state index in [0.717, 1.165) is 12.8 Å². The fourth-order valence-electron chi connectivity index (χ4n) is 0.855. The number of hydrogen-bond donors (Lipinski definition) is 0. The topological polar surface area (TPSA) is 0 Å². The molecule has 0 atom stereocenters. The number of rotatable bonds is 1. The van der Waals surface area contributed by atoms with E-state index in [4.69, 9.17) is 0 Å². The molecular weight excluding hydrogens is 120 g/mol. The fourth-order valence-corrected chi connectivity index (χ4v) is 0.855. The van der Waals surface area contributed by atoms with Crippen LogP contribution in [0.3, 0.4) is 0 Å². The van der Waals surface area contributed by atoms with E-state index in [1.54, 1.807) is 0 Å². The third kappa shape index (κ3) is 2.08. The minimum Gasteiger partial charge on any atom is -0.121 e. The van der Waals surface area contributed by atoms with E-state index < -0.39 is 0 Å². The Labute approximate surface area is 62.3 Å². The zero-order valence-electron chi connectivity index (χ0n) is 6.30. The van der Waals surface area contributed by atoms with Crippen molar-refractivity contribution in [3.8, 4) is 0 Å². The molecule has 0 fully saturated rings. The minimum atomic E-state index is 1.01. The third-order valence-electron chi connectivity index (χ3n) is 1.47. The average Bonchev–Trinajstić information content (AvgIpc) is 1.87. The van der Waals surface area contributed by atoms with Gasteiger partial charge < -0.3 is 0 Å². The van der Waals surface area contributed by atoms with Crippen molar-refractivity contribution in [2.75, 3.05) is 0 Å². The number of hydrogen-bond acceptors (Lipinski definition) is 0. The maximum Gasteiger partial charge on any atom is -0.00663 e. The highest BCUT2D eigenvalue weighted by atomic mass is 13.9. The highest BCUT2D eigenvalue weighted by Gasteiger charge is 1.83. The van der Waals surface area contributed by atoms with E-state index in [1.807, 2.05) is 0 Å². The van der Waals surface area contributed by atoms with Gasteiger partial charge in [-0.25, -0.2) is 0 Å². The molecule has 1 aliphatic rings. The molecule has 0 unspecified atom stereocenters. The number of allylic oxidation sites excluding steroid dienone is 5. The van der Waals surface area contributed by atoms with Crippen LogP contribution < -0.4 is 0 Å². The van der Waals surface area contributed by atoms with E-state index in [1.165, 1.54) is 5.57 Å². The molecule has 10 heavy (non-hydrogen) atoms. The zero-order valence-corrected chi connectivity index (χ0v) is 6.30. The largest absolute Gasteiger partial charge is 0.121 e. The summed E-state index contributed by atoms with van der Waals surface area (Å²) >= 11 is 0. The standard InChI is InChI=1S/C10H12/c1-2-10-8-6-4-3-5-7-9-10/h3-4,6-8H,2,5H2,1H3/b4-3+,8-6-. The lowest BCUT2D eigenvalue weighted by atomic mass is 10.1. The molecule has 0 bridgehead atoms. The zero-order chi connectivity index (χ0) is 7.23. The summed E-state index contributed by atoms with van der Waals surface area (Å²) in [4.78, 5) is 0. The molecule has 1 aliphatic carbocycles. The molecule has 0 aromatic rings. The molecule has 0 aliphatic heterocycles. The van der Waals surface area contributed by atoms with Crippen LogP contribution in [0.15, 0.2) is 41.7 Å². The first-order valence-corrected chi connectivity index (χ1v) is 3.70. The van der Waals surface area contributed by atoms with Gasteiger partial charge in [-0.1, -0.05) is 31.2 Å². The van der Waals surface area contributed by atoms with Crippen molar-refractivity contribution in [3.63, 3.8) is 0 Å². The Morgan fingerprint density at radius 1 is 1.50 bits per heavy atom. The second-order valence-electron chi connectivity index (χ2n) is 2.25. The molecule has 0 saturated heterocycles. The molecule has 52 valence electrons. The molecular formula is C10H12. The predicted molar refractivity (Wildman–Crippen MR) is 44.8 cm³/mol. The van der Waals surface area contributed by atoms with Crippen molar-refractivity contribution in [1.82, 2.24) is 0 Å². The quantitative estimate of drug-likeness (QED) is 0.481. The van der Waals surface area contributed by atoms with Gasteiger partial charge in [0.1, 0.15) is 0 Å². The van der Waals surface area contributed by atoms with E-state index in [2.05, 4.69) is 43.0 Å². The van der Waals surface area contributed by atoms with Crippen molar-refractivity contribution in [2.24, 2.45) is 0 Å². The summed E-state index contributed by atoms with van der Waals surface area (Å²) in [5.74, 6) is 0. The third-order valence-corrected chi connectivity index (χ3v) is 1.47. The van der Waals surface area contributed by atoms with Crippen LogP contribution in [0.1, 0.15) is 19.8 Å². The van der Waals surface area contributed by atoms with Gasteiger partial charge >= 0.3 is 0 Å². The smallest absolute Gasteiger partial charge is 0.00663 e. The summed E-state index contributed by atoms with van der Waals surface area (Å²) in [5.41, 5.74) is 4.51. The molecule has 0 aromatic carbocycles. The van der Waals surface area contributed by atoms with Gasteiger partial charge in [-0.15, -0.1) is 5.73 Å². The predicted octanol–water partition coefficient (Wildman–Crippen LogP) is 2.99. The van der Waals surface area contributed by atoms with E-state index in [9.17, 15) is 0 Å². The first-order chi connectivity index (χ1) is 4.93. The van der Waals surface area contributed by atoms with Crippen molar-refractivity contribution in [3.05, 3.63) is 41.7 Å². The Hall–Kier alpha value is -1.00. The molecule has 0 saturated carbocycles. The van der Waals surface area contributed by atoms with Crippen molar-refractivity contribution in [1.29, 1.82) is 0 Å². The lowest BCUT2D eigenvalue weighted by Crippen LogP contribution is -1.71. The van der Waals surface area contributed by atoms with Crippen LogP contribution >= 0.6 is 0 Å². The maximum absolute atomic E-state index is 3.22. The monoisotopic (exact) mass is 132 g/mol. The molecule has 0 heterocycles. The van der Waals surface area contributed by atoms with E-state index in [0.29, 0.717) is 0 Å². The van der Waals surface area contributed by atoms with E-state index >= 15 is 0 Å². The SMILES string of the molecule is CCC1=C=CC/C=C/C=C\1.